The minimum absolute atomic E-state index is 0.364. The summed E-state index contributed by atoms with van der Waals surface area (Å²) in [6.45, 7) is 9.49. The molecule has 0 amide bonds. The van der Waals surface area contributed by atoms with E-state index in [0.717, 1.165) is 31.9 Å². The molecule has 4 nitrogen and oxygen atoms in total. The number of para-hydroxylation sites is 1. The van der Waals surface area contributed by atoms with Crippen LogP contribution in [0.2, 0.25) is 0 Å². The fourth-order valence-electron chi connectivity index (χ4n) is 4.85. The van der Waals surface area contributed by atoms with Crippen molar-refractivity contribution in [3.8, 4) is 5.75 Å². The second-order valence-corrected chi connectivity index (χ2v) is 9.10. The SMILES string of the molecule is COc1ccc(C2Cc3ccccc3N2CC(COCC(C)C)N2CCCC2)cc1. The predicted molar refractivity (Wildman–Crippen MR) is 123 cm³/mol. The van der Waals surface area contributed by atoms with E-state index in [1.807, 2.05) is 0 Å². The van der Waals surface area contributed by atoms with Gasteiger partial charge in [-0.15, -0.1) is 0 Å². The number of ether oxygens (including phenoxy) is 2. The van der Waals surface area contributed by atoms with Gasteiger partial charge in [0, 0.05) is 18.8 Å². The zero-order chi connectivity index (χ0) is 20.9. The quantitative estimate of drug-likeness (QED) is 0.587. The molecule has 0 bridgehead atoms. The van der Waals surface area contributed by atoms with Crippen LogP contribution in [0.5, 0.6) is 5.75 Å². The molecular formula is C26H36N2O2. The third kappa shape index (κ3) is 4.81. The summed E-state index contributed by atoms with van der Waals surface area (Å²) in [6.07, 6.45) is 3.67. The van der Waals surface area contributed by atoms with Crippen LogP contribution in [-0.4, -0.2) is 50.9 Å². The van der Waals surface area contributed by atoms with Crippen molar-refractivity contribution in [3.63, 3.8) is 0 Å². The fraction of sp³-hybridized carbons (Fsp3) is 0.538. The Morgan fingerprint density at radius 1 is 0.967 bits per heavy atom. The van der Waals surface area contributed by atoms with E-state index in [1.54, 1.807) is 7.11 Å². The maximum Gasteiger partial charge on any atom is 0.118 e. The number of nitrogens with zero attached hydrogens (tertiary/aromatic N) is 2. The van der Waals surface area contributed by atoms with E-state index in [9.17, 15) is 0 Å². The molecular weight excluding hydrogens is 372 g/mol. The predicted octanol–water partition coefficient (Wildman–Crippen LogP) is 4.94. The number of benzene rings is 2. The molecule has 2 atom stereocenters. The van der Waals surface area contributed by atoms with Crippen LogP contribution in [-0.2, 0) is 11.2 Å². The van der Waals surface area contributed by atoms with E-state index in [2.05, 4.69) is 72.2 Å². The molecule has 4 heteroatoms. The van der Waals surface area contributed by atoms with Crippen LogP contribution in [0.25, 0.3) is 0 Å². The highest BCUT2D eigenvalue weighted by Gasteiger charge is 2.34. The smallest absolute Gasteiger partial charge is 0.118 e. The van der Waals surface area contributed by atoms with Gasteiger partial charge in [0.25, 0.3) is 0 Å². The maximum atomic E-state index is 6.15. The molecule has 2 aromatic rings. The van der Waals surface area contributed by atoms with E-state index in [-0.39, 0.29) is 0 Å². The van der Waals surface area contributed by atoms with Crippen LogP contribution in [0.4, 0.5) is 5.69 Å². The minimum atomic E-state index is 0.364. The van der Waals surface area contributed by atoms with Crippen LogP contribution < -0.4 is 9.64 Å². The summed E-state index contributed by atoms with van der Waals surface area (Å²) >= 11 is 0. The molecule has 30 heavy (non-hydrogen) atoms. The van der Waals surface area contributed by atoms with Crippen LogP contribution in [0.1, 0.15) is 43.9 Å². The second kappa shape index (κ2) is 9.84. The highest BCUT2D eigenvalue weighted by atomic mass is 16.5. The number of rotatable bonds is 9. The Morgan fingerprint density at radius 3 is 2.40 bits per heavy atom. The number of hydrogen-bond acceptors (Lipinski definition) is 4. The number of methoxy groups -OCH3 is 1. The maximum absolute atomic E-state index is 6.15. The van der Waals surface area contributed by atoms with E-state index in [1.165, 1.54) is 42.7 Å². The lowest BCUT2D eigenvalue weighted by molar-refractivity contribution is 0.0564. The molecule has 2 aliphatic rings. The van der Waals surface area contributed by atoms with Gasteiger partial charge in [-0.05, 0) is 67.6 Å². The van der Waals surface area contributed by atoms with Gasteiger partial charge in [-0.1, -0.05) is 44.2 Å². The average molecular weight is 409 g/mol. The number of anilines is 1. The van der Waals surface area contributed by atoms with Crippen molar-refractivity contribution < 1.29 is 9.47 Å². The molecule has 2 aromatic carbocycles. The zero-order valence-electron chi connectivity index (χ0n) is 18.7. The van der Waals surface area contributed by atoms with Gasteiger partial charge in [0.15, 0.2) is 0 Å². The first-order chi connectivity index (χ1) is 14.7. The third-order valence-corrected chi connectivity index (χ3v) is 6.42. The van der Waals surface area contributed by atoms with E-state index < -0.39 is 0 Å². The molecule has 2 aliphatic heterocycles. The van der Waals surface area contributed by atoms with Crippen molar-refractivity contribution in [1.82, 2.24) is 4.90 Å². The normalized spacial score (nSPS) is 20.0. The molecule has 0 aromatic heterocycles. The first-order valence-corrected chi connectivity index (χ1v) is 11.5. The highest BCUT2D eigenvalue weighted by Crippen LogP contribution is 2.41. The molecule has 0 spiro atoms. The van der Waals surface area contributed by atoms with Crippen molar-refractivity contribution in [2.45, 2.75) is 45.2 Å². The first kappa shape index (κ1) is 21.2. The zero-order valence-corrected chi connectivity index (χ0v) is 18.7. The van der Waals surface area contributed by atoms with Crippen molar-refractivity contribution in [2.75, 3.05) is 44.9 Å². The molecule has 1 fully saturated rings. The topological polar surface area (TPSA) is 24.9 Å². The Labute approximate surface area is 181 Å². The third-order valence-electron chi connectivity index (χ3n) is 6.42. The summed E-state index contributed by atoms with van der Waals surface area (Å²) in [5, 5.41) is 0. The first-order valence-electron chi connectivity index (χ1n) is 11.5. The van der Waals surface area contributed by atoms with E-state index in [4.69, 9.17) is 9.47 Å². The number of likely N-dealkylation sites (tertiary alicyclic amines) is 1. The van der Waals surface area contributed by atoms with Crippen molar-refractivity contribution in [2.24, 2.45) is 5.92 Å². The summed E-state index contributed by atoms with van der Waals surface area (Å²) in [5.41, 5.74) is 4.18. The Hall–Kier alpha value is -2.04. The van der Waals surface area contributed by atoms with Gasteiger partial charge in [0.2, 0.25) is 0 Å². The van der Waals surface area contributed by atoms with Crippen LogP contribution in [0, 0.1) is 5.92 Å². The Balaban J connectivity index is 1.57. The number of fused-ring (bicyclic) bond motifs is 1. The Bertz CT molecular complexity index is 799. The van der Waals surface area contributed by atoms with Crippen LogP contribution in [0.3, 0.4) is 0 Å². The van der Waals surface area contributed by atoms with Gasteiger partial charge in [-0.25, -0.2) is 0 Å². The van der Waals surface area contributed by atoms with Gasteiger partial charge < -0.3 is 14.4 Å². The van der Waals surface area contributed by atoms with Gasteiger partial charge in [-0.2, -0.15) is 0 Å². The van der Waals surface area contributed by atoms with Gasteiger partial charge in [-0.3, -0.25) is 4.90 Å². The van der Waals surface area contributed by atoms with Gasteiger partial charge in [0.1, 0.15) is 5.75 Å². The molecule has 0 radical (unpaired) electrons. The number of hydrogen-bond donors (Lipinski definition) is 0. The molecule has 0 aliphatic carbocycles. The summed E-state index contributed by atoms with van der Waals surface area (Å²) in [5.74, 6) is 1.49. The van der Waals surface area contributed by atoms with Gasteiger partial charge in [0.05, 0.1) is 25.8 Å². The lowest BCUT2D eigenvalue weighted by atomic mass is 10.0. The Kier molecular flexibility index (Phi) is 6.96. The Morgan fingerprint density at radius 2 is 1.70 bits per heavy atom. The highest BCUT2D eigenvalue weighted by molar-refractivity contribution is 5.61. The van der Waals surface area contributed by atoms with Crippen LogP contribution >= 0.6 is 0 Å². The molecule has 2 heterocycles. The van der Waals surface area contributed by atoms with Gasteiger partial charge >= 0.3 is 0 Å². The summed E-state index contributed by atoms with van der Waals surface area (Å²) in [6, 6.07) is 18.3. The summed E-state index contributed by atoms with van der Waals surface area (Å²) in [4.78, 5) is 5.27. The molecule has 1 saturated heterocycles. The molecule has 0 saturated carbocycles. The lowest BCUT2D eigenvalue weighted by Gasteiger charge is -2.36. The monoisotopic (exact) mass is 408 g/mol. The molecule has 2 unspecified atom stereocenters. The summed E-state index contributed by atoms with van der Waals surface area (Å²) in [7, 11) is 1.73. The van der Waals surface area contributed by atoms with Crippen molar-refractivity contribution >= 4 is 5.69 Å². The molecule has 0 N–H and O–H groups in total. The van der Waals surface area contributed by atoms with Crippen molar-refractivity contribution in [1.29, 1.82) is 0 Å². The standard InChI is InChI=1S/C26H36N2O2/c1-20(2)18-30-19-23(27-14-6-7-15-27)17-28-25-9-5-4-8-22(25)16-26(28)21-10-12-24(29-3)13-11-21/h4-5,8-13,20,23,26H,6-7,14-19H2,1-3H3. The summed E-state index contributed by atoms with van der Waals surface area (Å²) < 4.78 is 11.5. The lowest BCUT2D eigenvalue weighted by Crippen LogP contribution is -2.46. The van der Waals surface area contributed by atoms with E-state index in [0.29, 0.717) is 18.0 Å². The molecule has 162 valence electrons. The molecule has 4 rings (SSSR count). The average Bonchev–Trinajstić information content (AvgIpc) is 3.41. The van der Waals surface area contributed by atoms with E-state index >= 15 is 0 Å². The second-order valence-electron chi connectivity index (χ2n) is 9.10. The minimum Gasteiger partial charge on any atom is -0.497 e. The van der Waals surface area contributed by atoms with Crippen molar-refractivity contribution in [3.05, 3.63) is 59.7 Å². The van der Waals surface area contributed by atoms with Crippen LogP contribution in [0.15, 0.2) is 48.5 Å². The fourth-order valence-corrected chi connectivity index (χ4v) is 4.85. The largest absolute Gasteiger partial charge is 0.497 e.